The van der Waals surface area contributed by atoms with Crippen molar-refractivity contribution in [2.75, 3.05) is 13.2 Å². The minimum Gasteiger partial charge on any atom is -0.493 e. The zero-order chi connectivity index (χ0) is 14.6. The minimum absolute atomic E-state index is 0.00968. The van der Waals surface area contributed by atoms with Crippen LogP contribution in [0.1, 0.15) is 16.4 Å². The third kappa shape index (κ3) is 3.74. The Morgan fingerprint density at radius 2 is 2.00 bits per heavy atom. The van der Waals surface area contributed by atoms with Gasteiger partial charge in [-0.3, -0.25) is 0 Å². The van der Waals surface area contributed by atoms with E-state index in [9.17, 15) is 13.2 Å². The number of hydrogen-bond acceptors (Lipinski definition) is 3. The standard InChI is InChI=1S/C14H14F3NOS/c15-14(16,17)11-3-1-4-12(7-11)19-9-10(8-18)13-5-2-6-20-13/h1-7,10H,8-9,18H2. The molecule has 0 saturated heterocycles. The molecule has 2 aromatic rings. The lowest BCUT2D eigenvalue weighted by Gasteiger charge is -2.15. The third-order valence-corrected chi connectivity index (χ3v) is 3.88. The maximum absolute atomic E-state index is 12.6. The van der Waals surface area contributed by atoms with Gasteiger partial charge in [0.15, 0.2) is 0 Å². The average Bonchev–Trinajstić information content (AvgIpc) is 2.93. The first-order valence-corrected chi connectivity index (χ1v) is 6.92. The predicted octanol–water partition coefficient (Wildman–Crippen LogP) is 3.89. The summed E-state index contributed by atoms with van der Waals surface area (Å²) in [6.07, 6.45) is -4.36. The highest BCUT2D eigenvalue weighted by Crippen LogP contribution is 2.31. The molecule has 1 aromatic carbocycles. The molecule has 0 aliphatic carbocycles. The molecule has 0 saturated carbocycles. The van der Waals surface area contributed by atoms with E-state index in [2.05, 4.69) is 0 Å². The number of alkyl halides is 3. The van der Waals surface area contributed by atoms with Crippen molar-refractivity contribution in [3.8, 4) is 5.75 Å². The Morgan fingerprint density at radius 3 is 2.60 bits per heavy atom. The van der Waals surface area contributed by atoms with Gasteiger partial charge in [0.25, 0.3) is 0 Å². The molecular weight excluding hydrogens is 287 g/mol. The summed E-state index contributed by atoms with van der Waals surface area (Å²) in [6.45, 7) is 0.651. The van der Waals surface area contributed by atoms with E-state index in [0.717, 1.165) is 17.0 Å². The molecule has 0 radical (unpaired) electrons. The van der Waals surface area contributed by atoms with Crippen LogP contribution in [0.25, 0.3) is 0 Å². The molecule has 0 aliphatic rings. The Bertz CT molecular complexity index is 540. The fourth-order valence-corrected chi connectivity index (χ4v) is 2.58. The number of thiophene rings is 1. The van der Waals surface area contributed by atoms with Crippen LogP contribution in [-0.2, 0) is 6.18 Å². The monoisotopic (exact) mass is 301 g/mol. The minimum atomic E-state index is -4.36. The van der Waals surface area contributed by atoms with Gasteiger partial charge in [-0.25, -0.2) is 0 Å². The van der Waals surface area contributed by atoms with Gasteiger partial charge in [0.05, 0.1) is 12.2 Å². The quantitative estimate of drug-likeness (QED) is 0.909. The lowest BCUT2D eigenvalue weighted by atomic mass is 10.1. The van der Waals surface area contributed by atoms with Crippen LogP contribution < -0.4 is 10.5 Å². The van der Waals surface area contributed by atoms with E-state index in [0.29, 0.717) is 6.54 Å². The molecule has 2 rings (SSSR count). The van der Waals surface area contributed by atoms with Gasteiger partial charge in [-0.15, -0.1) is 11.3 Å². The Labute approximate surface area is 119 Å². The topological polar surface area (TPSA) is 35.2 Å². The summed E-state index contributed by atoms with van der Waals surface area (Å²) in [5.41, 5.74) is 4.96. The van der Waals surface area contributed by atoms with Crippen molar-refractivity contribution >= 4 is 11.3 Å². The van der Waals surface area contributed by atoms with Gasteiger partial charge in [0.1, 0.15) is 5.75 Å². The van der Waals surface area contributed by atoms with Crippen LogP contribution in [0, 0.1) is 0 Å². The van der Waals surface area contributed by atoms with Gasteiger partial charge < -0.3 is 10.5 Å². The molecule has 2 N–H and O–H groups in total. The summed E-state index contributed by atoms with van der Waals surface area (Å²) in [7, 11) is 0. The molecule has 1 atom stereocenters. The fourth-order valence-electron chi connectivity index (χ4n) is 1.75. The lowest BCUT2D eigenvalue weighted by molar-refractivity contribution is -0.137. The molecule has 6 heteroatoms. The zero-order valence-corrected chi connectivity index (χ0v) is 11.4. The van der Waals surface area contributed by atoms with Gasteiger partial charge in [0.2, 0.25) is 0 Å². The molecule has 0 fully saturated rings. The largest absolute Gasteiger partial charge is 0.493 e. The summed E-state index contributed by atoms with van der Waals surface area (Å²) in [5.74, 6) is 0.194. The summed E-state index contributed by atoms with van der Waals surface area (Å²) in [5, 5.41) is 1.93. The second kappa shape index (κ2) is 6.28. The van der Waals surface area contributed by atoms with Crippen LogP contribution in [0.5, 0.6) is 5.75 Å². The molecule has 1 heterocycles. The highest BCUT2D eigenvalue weighted by molar-refractivity contribution is 7.10. The molecule has 0 bridgehead atoms. The van der Waals surface area contributed by atoms with Crippen LogP contribution >= 0.6 is 11.3 Å². The maximum Gasteiger partial charge on any atom is 0.416 e. The third-order valence-electron chi connectivity index (χ3n) is 2.84. The molecule has 20 heavy (non-hydrogen) atoms. The molecule has 2 nitrogen and oxygen atoms in total. The van der Waals surface area contributed by atoms with E-state index in [-0.39, 0.29) is 18.3 Å². The average molecular weight is 301 g/mol. The smallest absolute Gasteiger partial charge is 0.416 e. The molecule has 0 aliphatic heterocycles. The summed E-state index contributed by atoms with van der Waals surface area (Å²) >= 11 is 1.56. The van der Waals surface area contributed by atoms with Gasteiger partial charge in [-0.2, -0.15) is 13.2 Å². The van der Waals surface area contributed by atoms with E-state index in [1.54, 1.807) is 11.3 Å². The SMILES string of the molecule is NCC(COc1cccc(C(F)(F)F)c1)c1cccs1. The van der Waals surface area contributed by atoms with Crippen molar-refractivity contribution in [3.05, 3.63) is 52.2 Å². The number of hydrogen-bond donors (Lipinski definition) is 1. The first kappa shape index (κ1) is 14.9. The van der Waals surface area contributed by atoms with Crippen molar-refractivity contribution in [3.63, 3.8) is 0 Å². The second-order valence-corrected chi connectivity index (χ2v) is 5.26. The van der Waals surface area contributed by atoms with Crippen LogP contribution in [0.15, 0.2) is 41.8 Å². The predicted molar refractivity (Wildman–Crippen MR) is 73.1 cm³/mol. The molecular formula is C14H14F3NOS. The number of nitrogens with two attached hydrogens (primary N) is 1. The Kier molecular flexibility index (Phi) is 4.67. The van der Waals surface area contributed by atoms with E-state index in [1.807, 2.05) is 17.5 Å². The number of rotatable bonds is 5. The van der Waals surface area contributed by atoms with Crippen LogP contribution in [0.4, 0.5) is 13.2 Å². The first-order chi connectivity index (χ1) is 9.50. The summed E-state index contributed by atoms with van der Waals surface area (Å²) < 4.78 is 43.2. The van der Waals surface area contributed by atoms with E-state index in [1.165, 1.54) is 12.1 Å². The Hall–Kier alpha value is -1.53. The number of ether oxygens (including phenoxy) is 1. The second-order valence-electron chi connectivity index (χ2n) is 4.28. The fraction of sp³-hybridized carbons (Fsp3) is 0.286. The molecule has 1 unspecified atom stereocenters. The van der Waals surface area contributed by atoms with Gasteiger partial charge in [-0.05, 0) is 29.6 Å². The van der Waals surface area contributed by atoms with Gasteiger partial charge in [-0.1, -0.05) is 12.1 Å². The van der Waals surface area contributed by atoms with E-state index in [4.69, 9.17) is 10.5 Å². The summed E-state index contributed by atoms with van der Waals surface area (Å²) in [6, 6.07) is 8.72. The Morgan fingerprint density at radius 1 is 1.20 bits per heavy atom. The van der Waals surface area contributed by atoms with Crippen molar-refractivity contribution in [2.24, 2.45) is 5.73 Å². The van der Waals surface area contributed by atoms with Gasteiger partial charge >= 0.3 is 6.18 Å². The van der Waals surface area contributed by atoms with E-state index >= 15 is 0 Å². The highest BCUT2D eigenvalue weighted by atomic mass is 32.1. The number of benzene rings is 1. The zero-order valence-electron chi connectivity index (χ0n) is 10.6. The van der Waals surface area contributed by atoms with Crippen LogP contribution in [0.3, 0.4) is 0 Å². The number of halogens is 3. The first-order valence-electron chi connectivity index (χ1n) is 6.04. The van der Waals surface area contributed by atoms with E-state index < -0.39 is 11.7 Å². The Balaban J connectivity index is 2.03. The van der Waals surface area contributed by atoms with Gasteiger partial charge in [0, 0.05) is 17.3 Å². The normalized spacial score (nSPS) is 13.2. The highest BCUT2D eigenvalue weighted by Gasteiger charge is 2.30. The molecule has 0 spiro atoms. The van der Waals surface area contributed by atoms with Crippen molar-refractivity contribution in [1.29, 1.82) is 0 Å². The van der Waals surface area contributed by atoms with Crippen molar-refractivity contribution in [1.82, 2.24) is 0 Å². The maximum atomic E-state index is 12.6. The van der Waals surface area contributed by atoms with Crippen LogP contribution in [0.2, 0.25) is 0 Å². The van der Waals surface area contributed by atoms with Crippen LogP contribution in [-0.4, -0.2) is 13.2 Å². The van der Waals surface area contributed by atoms with Crippen molar-refractivity contribution in [2.45, 2.75) is 12.1 Å². The molecule has 1 aromatic heterocycles. The molecule has 0 amide bonds. The van der Waals surface area contributed by atoms with Crippen molar-refractivity contribution < 1.29 is 17.9 Å². The molecule has 108 valence electrons. The lowest BCUT2D eigenvalue weighted by Crippen LogP contribution is -2.18. The summed E-state index contributed by atoms with van der Waals surface area (Å²) in [4.78, 5) is 1.07.